The molecular formula is C21H29N3O2. The Labute approximate surface area is 156 Å². The van der Waals surface area contributed by atoms with Gasteiger partial charge in [-0.1, -0.05) is 32.0 Å². The largest absolute Gasteiger partial charge is 0.497 e. The number of aromatic nitrogens is 1. The van der Waals surface area contributed by atoms with Crippen molar-refractivity contribution in [1.82, 2.24) is 15.2 Å². The smallest absolute Gasteiger partial charge is 0.220 e. The number of rotatable bonds is 10. The van der Waals surface area contributed by atoms with Gasteiger partial charge in [-0.25, -0.2) is 0 Å². The van der Waals surface area contributed by atoms with Gasteiger partial charge in [-0.15, -0.1) is 0 Å². The molecule has 2 rings (SSSR count). The van der Waals surface area contributed by atoms with Crippen LogP contribution in [-0.4, -0.2) is 42.5 Å². The van der Waals surface area contributed by atoms with E-state index in [9.17, 15) is 4.79 Å². The normalized spacial score (nSPS) is 12.0. The van der Waals surface area contributed by atoms with Crippen LogP contribution < -0.4 is 10.1 Å². The highest BCUT2D eigenvalue weighted by Crippen LogP contribution is 2.23. The van der Waals surface area contributed by atoms with Crippen LogP contribution in [0.1, 0.15) is 37.4 Å². The molecule has 2 aromatic rings. The first-order chi connectivity index (χ1) is 12.7. The van der Waals surface area contributed by atoms with Gasteiger partial charge in [0.25, 0.3) is 0 Å². The number of ether oxygens (including phenoxy) is 1. The summed E-state index contributed by atoms with van der Waals surface area (Å²) in [6, 6.07) is 12.1. The quantitative estimate of drug-likeness (QED) is 0.711. The van der Waals surface area contributed by atoms with Gasteiger partial charge in [0, 0.05) is 25.4 Å². The molecule has 1 amide bonds. The standard InChI is InChI=1S/C21H29N3O2/c1-4-24(5-2)20(18-9-6-10-19(14-18)26-3)16-23-21(25)12-11-17-8-7-13-22-15-17/h6-10,13-15,20H,4-5,11-12,16H2,1-3H3,(H,23,25). The van der Waals surface area contributed by atoms with Crippen molar-refractivity contribution in [2.75, 3.05) is 26.7 Å². The molecule has 0 aliphatic carbocycles. The fourth-order valence-corrected chi connectivity index (χ4v) is 3.07. The minimum atomic E-state index is 0.0638. The zero-order valence-corrected chi connectivity index (χ0v) is 15.9. The molecule has 1 unspecified atom stereocenters. The molecule has 0 aliphatic heterocycles. The van der Waals surface area contributed by atoms with Crippen LogP contribution in [0.5, 0.6) is 5.75 Å². The molecule has 5 heteroatoms. The Balaban J connectivity index is 1.98. The Bertz CT molecular complexity index is 672. The summed E-state index contributed by atoms with van der Waals surface area (Å²) in [5.74, 6) is 0.900. The molecule has 0 aliphatic rings. The summed E-state index contributed by atoms with van der Waals surface area (Å²) < 4.78 is 5.35. The number of methoxy groups -OCH3 is 1. The van der Waals surface area contributed by atoms with E-state index < -0.39 is 0 Å². The summed E-state index contributed by atoms with van der Waals surface area (Å²) in [5.41, 5.74) is 2.23. The molecule has 1 atom stereocenters. The van der Waals surface area contributed by atoms with Crippen molar-refractivity contribution in [3.63, 3.8) is 0 Å². The molecule has 1 aromatic heterocycles. The SMILES string of the molecule is CCN(CC)C(CNC(=O)CCc1cccnc1)c1cccc(OC)c1. The third kappa shape index (κ3) is 5.85. The Morgan fingerprint density at radius 1 is 1.23 bits per heavy atom. The second kappa shape index (κ2) is 10.6. The van der Waals surface area contributed by atoms with Crippen LogP contribution in [0.2, 0.25) is 0 Å². The highest BCUT2D eigenvalue weighted by atomic mass is 16.5. The number of pyridine rings is 1. The predicted octanol–water partition coefficient (Wildman–Crippen LogP) is 3.22. The van der Waals surface area contributed by atoms with Gasteiger partial charge in [-0.2, -0.15) is 0 Å². The predicted molar refractivity (Wildman–Crippen MR) is 104 cm³/mol. The first-order valence-electron chi connectivity index (χ1n) is 9.21. The lowest BCUT2D eigenvalue weighted by Crippen LogP contribution is -2.38. The van der Waals surface area contributed by atoms with Gasteiger partial charge in [-0.3, -0.25) is 14.7 Å². The van der Waals surface area contributed by atoms with E-state index in [1.54, 1.807) is 13.3 Å². The minimum Gasteiger partial charge on any atom is -0.497 e. The van der Waals surface area contributed by atoms with Gasteiger partial charge < -0.3 is 10.1 Å². The van der Waals surface area contributed by atoms with Gasteiger partial charge in [0.15, 0.2) is 0 Å². The fraction of sp³-hybridized carbons (Fsp3) is 0.429. The Hall–Kier alpha value is -2.40. The van der Waals surface area contributed by atoms with Gasteiger partial charge >= 0.3 is 0 Å². The van der Waals surface area contributed by atoms with E-state index >= 15 is 0 Å². The summed E-state index contributed by atoms with van der Waals surface area (Å²) in [6.07, 6.45) is 4.72. The van der Waals surface area contributed by atoms with Crippen molar-refractivity contribution < 1.29 is 9.53 Å². The molecule has 1 aromatic carbocycles. The summed E-state index contributed by atoms with van der Waals surface area (Å²) in [6.45, 7) is 6.70. The summed E-state index contributed by atoms with van der Waals surface area (Å²) in [4.78, 5) is 18.7. The minimum absolute atomic E-state index is 0.0638. The number of aryl methyl sites for hydroxylation is 1. The highest BCUT2D eigenvalue weighted by molar-refractivity contribution is 5.76. The second-order valence-electron chi connectivity index (χ2n) is 6.18. The number of amides is 1. The average molecular weight is 355 g/mol. The van der Waals surface area contributed by atoms with E-state index in [2.05, 4.69) is 35.1 Å². The molecule has 140 valence electrons. The molecule has 0 radical (unpaired) electrons. The number of carbonyl (C=O) groups excluding carboxylic acids is 1. The van der Waals surface area contributed by atoms with Crippen molar-refractivity contribution in [1.29, 1.82) is 0 Å². The van der Waals surface area contributed by atoms with Gasteiger partial charge in [-0.05, 0) is 48.8 Å². The van der Waals surface area contributed by atoms with E-state index in [-0.39, 0.29) is 11.9 Å². The zero-order valence-electron chi connectivity index (χ0n) is 15.9. The van der Waals surface area contributed by atoms with Crippen LogP contribution in [0, 0.1) is 0 Å². The van der Waals surface area contributed by atoms with Crippen molar-refractivity contribution in [2.24, 2.45) is 0 Å². The van der Waals surface area contributed by atoms with Crippen LogP contribution >= 0.6 is 0 Å². The Kier molecular flexibility index (Phi) is 8.09. The Morgan fingerprint density at radius 2 is 2.04 bits per heavy atom. The first-order valence-corrected chi connectivity index (χ1v) is 9.21. The molecular weight excluding hydrogens is 326 g/mol. The number of benzene rings is 1. The van der Waals surface area contributed by atoms with Crippen molar-refractivity contribution in [3.05, 3.63) is 59.9 Å². The lowest BCUT2D eigenvalue weighted by atomic mass is 10.0. The maximum absolute atomic E-state index is 12.3. The van der Waals surface area contributed by atoms with E-state index in [0.717, 1.165) is 30.0 Å². The van der Waals surface area contributed by atoms with E-state index in [4.69, 9.17) is 4.74 Å². The molecule has 1 heterocycles. The third-order valence-corrected chi connectivity index (χ3v) is 4.59. The van der Waals surface area contributed by atoms with E-state index in [0.29, 0.717) is 19.4 Å². The third-order valence-electron chi connectivity index (χ3n) is 4.59. The Morgan fingerprint density at radius 3 is 2.69 bits per heavy atom. The monoisotopic (exact) mass is 355 g/mol. The molecule has 5 nitrogen and oxygen atoms in total. The molecule has 0 saturated carbocycles. The average Bonchev–Trinajstić information content (AvgIpc) is 2.70. The number of hydrogen-bond donors (Lipinski definition) is 1. The number of carbonyl (C=O) groups is 1. The van der Waals surface area contributed by atoms with Crippen molar-refractivity contribution in [3.8, 4) is 5.75 Å². The highest BCUT2D eigenvalue weighted by Gasteiger charge is 2.19. The summed E-state index contributed by atoms with van der Waals surface area (Å²) >= 11 is 0. The van der Waals surface area contributed by atoms with Crippen LogP contribution in [0.15, 0.2) is 48.8 Å². The van der Waals surface area contributed by atoms with E-state index in [1.165, 1.54) is 0 Å². The number of likely N-dealkylation sites (N-methyl/N-ethyl adjacent to an activating group) is 1. The first kappa shape index (κ1) is 19.9. The van der Waals surface area contributed by atoms with Crippen molar-refractivity contribution >= 4 is 5.91 Å². The molecule has 0 spiro atoms. The van der Waals surface area contributed by atoms with Gasteiger partial charge in [0.1, 0.15) is 5.75 Å². The lowest BCUT2D eigenvalue weighted by molar-refractivity contribution is -0.121. The second-order valence-corrected chi connectivity index (χ2v) is 6.18. The summed E-state index contributed by atoms with van der Waals surface area (Å²) in [5, 5.41) is 3.10. The van der Waals surface area contributed by atoms with Crippen LogP contribution in [-0.2, 0) is 11.2 Å². The van der Waals surface area contributed by atoms with Gasteiger partial charge in [0.05, 0.1) is 13.2 Å². The molecule has 26 heavy (non-hydrogen) atoms. The van der Waals surface area contributed by atoms with Gasteiger partial charge in [0.2, 0.25) is 5.91 Å². The topological polar surface area (TPSA) is 54.5 Å². The lowest BCUT2D eigenvalue weighted by Gasteiger charge is -2.30. The zero-order chi connectivity index (χ0) is 18.8. The number of nitrogens with one attached hydrogen (secondary N) is 1. The number of nitrogens with zero attached hydrogens (tertiary/aromatic N) is 2. The van der Waals surface area contributed by atoms with Crippen LogP contribution in [0.4, 0.5) is 0 Å². The summed E-state index contributed by atoms with van der Waals surface area (Å²) in [7, 11) is 1.67. The molecule has 0 fully saturated rings. The number of hydrogen-bond acceptors (Lipinski definition) is 4. The maximum Gasteiger partial charge on any atom is 0.220 e. The van der Waals surface area contributed by atoms with Crippen molar-refractivity contribution in [2.45, 2.75) is 32.7 Å². The maximum atomic E-state index is 12.3. The van der Waals surface area contributed by atoms with E-state index in [1.807, 2.05) is 36.5 Å². The van der Waals surface area contributed by atoms with Crippen LogP contribution in [0.25, 0.3) is 0 Å². The molecule has 0 saturated heterocycles. The fourth-order valence-electron chi connectivity index (χ4n) is 3.07. The molecule has 1 N–H and O–H groups in total. The molecule has 0 bridgehead atoms. The van der Waals surface area contributed by atoms with Crippen LogP contribution in [0.3, 0.4) is 0 Å².